The molecule has 0 saturated heterocycles. The fourth-order valence-electron chi connectivity index (χ4n) is 3.38. The van der Waals surface area contributed by atoms with Gasteiger partial charge in [0.15, 0.2) is 0 Å². The number of pyridine rings is 1. The topological polar surface area (TPSA) is 39.2 Å². The van der Waals surface area contributed by atoms with Crippen LogP contribution < -0.4 is 0 Å². The number of halogens is 1. The quantitative estimate of drug-likeness (QED) is 0.0545. The number of rotatable bonds is 19. The number of carbonyl (C=O) groups excluding carboxylic acids is 1. The lowest BCUT2D eigenvalue weighted by Crippen LogP contribution is -2.40. The number of nitrogens with zero attached hydrogens (tertiary/aromatic N) is 1. The highest BCUT2D eigenvalue weighted by molar-refractivity contribution is 8.02. The highest BCUT2D eigenvalue weighted by Crippen LogP contribution is 2.40. The van der Waals surface area contributed by atoms with Crippen molar-refractivity contribution in [3.63, 3.8) is 0 Å². The molecule has 6 heteroatoms. The van der Waals surface area contributed by atoms with E-state index < -0.39 is 8.32 Å². The Morgan fingerprint density at radius 2 is 1.46 bits per heavy atom. The Morgan fingerprint density at radius 3 is 1.95 bits per heavy atom. The summed E-state index contributed by atoms with van der Waals surface area (Å²) in [5.41, 5.74) is 0. The van der Waals surface area contributed by atoms with Crippen LogP contribution in [0.5, 0.6) is 0 Å². The molecule has 0 saturated carbocycles. The van der Waals surface area contributed by atoms with Crippen LogP contribution in [0, 0.1) is 0 Å². The monoisotopic (exact) mass is 569 g/mol. The minimum Gasteiger partial charge on any atom is -0.539 e. The third kappa shape index (κ3) is 20.8. The van der Waals surface area contributed by atoms with E-state index in [1.54, 1.807) is 11.8 Å². The van der Waals surface area contributed by atoms with Crippen molar-refractivity contribution in [3.05, 3.63) is 35.6 Å². The first-order valence-electron chi connectivity index (χ1n) is 14.7. The SMILES string of the molecule is CCCCCCCC/C=C(/O[Si](C)(C)C(C)(C)C)Sc1ccccn1.CCCCCCCCCC(=O)Cl. The van der Waals surface area contributed by atoms with Gasteiger partial charge in [0.1, 0.15) is 10.1 Å². The number of carbonyl (C=O) groups is 1. The Kier molecular flexibility index (Phi) is 21.6. The van der Waals surface area contributed by atoms with Crippen molar-refractivity contribution in [2.75, 3.05) is 0 Å². The molecule has 0 fully saturated rings. The predicted octanol–water partition coefficient (Wildman–Crippen LogP) is 11.7. The van der Waals surface area contributed by atoms with Crippen molar-refractivity contribution in [2.45, 2.75) is 154 Å². The van der Waals surface area contributed by atoms with E-state index in [2.05, 4.69) is 64.8 Å². The molecule has 0 aliphatic rings. The number of thioether (sulfide) groups is 1. The fourth-order valence-corrected chi connectivity index (χ4v) is 5.87. The lowest BCUT2D eigenvalue weighted by atomic mass is 10.1. The molecule has 1 heterocycles. The summed E-state index contributed by atoms with van der Waals surface area (Å²) in [4.78, 5) is 14.8. The minimum absolute atomic E-state index is 0.191. The molecule has 0 unspecified atom stereocenters. The van der Waals surface area contributed by atoms with Gasteiger partial charge in [-0.1, -0.05) is 111 Å². The Balaban J connectivity index is 0.000000908. The zero-order valence-corrected chi connectivity index (χ0v) is 27.6. The van der Waals surface area contributed by atoms with Gasteiger partial charge >= 0.3 is 0 Å². The zero-order chi connectivity index (χ0) is 28.0. The second kappa shape index (κ2) is 22.1. The first-order valence-corrected chi connectivity index (χ1v) is 18.8. The number of unbranched alkanes of at least 4 members (excludes halogenated alkanes) is 12. The molecule has 3 nitrogen and oxygen atoms in total. The molecule has 0 spiro atoms. The second-order valence-electron chi connectivity index (χ2n) is 11.4. The maximum Gasteiger partial charge on any atom is 0.251 e. The maximum atomic E-state index is 10.3. The Hall–Kier alpha value is -0.783. The molecule has 214 valence electrons. The number of hydrogen-bond acceptors (Lipinski definition) is 4. The average molecular weight is 570 g/mol. The van der Waals surface area contributed by atoms with Crippen LogP contribution in [-0.2, 0) is 9.22 Å². The third-order valence-electron chi connectivity index (χ3n) is 6.85. The summed E-state index contributed by atoms with van der Waals surface area (Å²) in [5.74, 6) is 0. The number of hydrogen-bond donors (Lipinski definition) is 0. The molecule has 37 heavy (non-hydrogen) atoms. The van der Waals surface area contributed by atoms with Gasteiger partial charge in [0.25, 0.3) is 8.32 Å². The van der Waals surface area contributed by atoms with Gasteiger partial charge in [-0.3, -0.25) is 4.79 Å². The molecule has 0 aliphatic carbocycles. The third-order valence-corrected chi connectivity index (χ3v) is 12.4. The lowest BCUT2D eigenvalue weighted by Gasteiger charge is -2.37. The van der Waals surface area contributed by atoms with Crippen molar-refractivity contribution in [1.82, 2.24) is 4.98 Å². The Labute approximate surface area is 240 Å². The molecule has 1 aromatic heterocycles. The summed E-state index contributed by atoms with van der Waals surface area (Å²) in [6, 6.07) is 6.05. The van der Waals surface area contributed by atoms with Crippen molar-refractivity contribution in [2.24, 2.45) is 0 Å². The molecule has 0 bridgehead atoms. The number of allylic oxidation sites excluding steroid dienone is 1. The standard InChI is InChI=1S/C21H37NOSSi.C10H19ClO/c1-7-8-9-10-11-12-13-17-20(23-25(5,6)21(2,3)4)24-19-16-14-15-18-22-19;1-2-3-4-5-6-7-8-9-10(11)12/h14-18H,7-13H2,1-6H3;2-9H2,1H3/b20-17-;. The first kappa shape index (κ1) is 36.2. The average Bonchev–Trinajstić information content (AvgIpc) is 2.83. The summed E-state index contributed by atoms with van der Waals surface area (Å²) in [6.45, 7) is 16.0. The predicted molar refractivity (Wildman–Crippen MR) is 168 cm³/mol. The Morgan fingerprint density at radius 1 is 0.919 bits per heavy atom. The largest absolute Gasteiger partial charge is 0.539 e. The van der Waals surface area contributed by atoms with Gasteiger partial charge in [0, 0.05) is 12.6 Å². The van der Waals surface area contributed by atoms with E-state index >= 15 is 0 Å². The highest BCUT2D eigenvalue weighted by Gasteiger charge is 2.39. The molecule has 0 radical (unpaired) electrons. The van der Waals surface area contributed by atoms with Gasteiger partial charge in [-0.2, -0.15) is 0 Å². The van der Waals surface area contributed by atoms with Gasteiger partial charge in [-0.05, 0) is 79.0 Å². The Bertz CT molecular complexity index is 720. The maximum absolute atomic E-state index is 10.3. The van der Waals surface area contributed by atoms with Crippen LogP contribution >= 0.6 is 23.4 Å². The first-order chi connectivity index (χ1) is 17.5. The van der Waals surface area contributed by atoms with Gasteiger partial charge < -0.3 is 4.43 Å². The van der Waals surface area contributed by atoms with E-state index in [4.69, 9.17) is 16.0 Å². The second-order valence-corrected chi connectivity index (χ2v) is 17.6. The van der Waals surface area contributed by atoms with Crippen molar-refractivity contribution >= 4 is 36.9 Å². The van der Waals surface area contributed by atoms with Crippen LogP contribution in [0.3, 0.4) is 0 Å². The highest BCUT2D eigenvalue weighted by atomic mass is 35.5. The smallest absolute Gasteiger partial charge is 0.251 e. The molecular formula is C31H56ClNO2SSi. The molecule has 1 rings (SSSR count). The van der Waals surface area contributed by atoms with Crippen molar-refractivity contribution in [3.8, 4) is 0 Å². The van der Waals surface area contributed by atoms with E-state index in [1.165, 1.54) is 70.6 Å². The van der Waals surface area contributed by atoms with E-state index in [9.17, 15) is 4.79 Å². The molecule has 1 aromatic rings. The van der Waals surface area contributed by atoms with Crippen molar-refractivity contribution < 1.29 is 9.22 Å². The van der Waals surface area contributed by atoms with Gasteiger partial charge in [-0.25, -0.2) is 4.98 Å². The zero-order valence-electron chi connectivity index (χ0n) is 25.0. The number of aromatic nitrogens is 1. The summed E-state index contributed by atoms with van der Waals surface area (Å²) < 4.78 is 6.57. The van der Waals surface area contributed by atoms with Crippen LogP contribution in [0.25, 0.3) is 0 Å². The molecule has 0 atom stereocenters. The van der Waals surface area contributed by atoms with Gasteiger partial charge in [-0.15, -0.1) is 0 Å². The minimum atomic E-state index is -1.82. The van der Waals surface area contributed by atoms with Crippen LogP contribution in [0.1, 0.15) is 131 Å². The van der Waals surface area contributed by atoms with Gasteiger partial charge in [0.2, 0.25) is 5.24 Å². The van der Waals surface area contributed by atoms with Crippen LogP contribution in [0.2, 0.25) is 18.1 Å². The normalized spacial score (nSPS) is 12.2. The summed E-state index contributed by atoms with van der Waals surface area (Å²) in [6.07, 6.45) is 22.4. The van der Waals surface area contributed by atoms with E-state index in [1.807, 2.05) is 18.3 Å². The molecule has 0 N–H and O–H groups in total. The molecule has 0 aliphatic heterocycles. The van der Waals surface area contributed by atoms with Gasteiger partial charge in [0.05, 0.1) is 0 Å². The van der Waals surface area contributed by atoms with Crippen LogP contribution in [0.4, 0.5) is 0 Å². The molecular weight excluding hydrogens is 514 g/mol. The summed E-state index contributed by atoms with van der Waals surface area (Å²) in [5, 5.41) is 2.06. The summed E-state index contributed by atoms with van der Waals surface area (Å²) in [7, 11) is -1.82. The van der Waals surface area contributed by atoms with E-state index in [0.717, 1.165) is 29.4 Å². The molecule has 0 amide bonds. The molecule has 0 aromatic carbocycles. The fraction of sp³-hybridized carbons (Fsp3) is 0.742. The van der Waals surface area contributed by atoms with Crippen molar-refractivity contribution in [1.29, 1.82) is 0 Å². The summed E-state index contributed by atoms with van der Waals surface area (Å²) >= 11 is 6.87. The van der Waals surface area contributed by atoms with E-state index in [0.29, 0.717) is 6.42 Å². The van der Waals surface area contributed by atoms with Crippen LogP contribution in [-0.4, -0.2) is 18.5 Å². The van der Waals surface area contributed by atoms with E-state index in [-0.39, 0.29) is 10.3 Å². The van der Waals surface area contributed by atoms with Crippen LogP contribution in [0.15, 0.2) is 40.6 Å². The lowest BCUT2D eigenvalue weighted by molar-refractivity contribution is -0.111.